The van der Waals surface area contributed by atoms with Crippen LogP contribution in [0.15, 0.2) is 72.8 Å². The van der Waals surface area contributed by atoms with Crippen LogP contribution in [0.5, 0.6) is 0 Å². The maximum absolute atomic E-state index is 13.1. The van der Waals surface area contributed by atoms with Crippen LogP contribution in [0.2, 0.25) is 0 Å². The van der Waals surface area contributed by atoms with Crippen molar-refractivity contribution >= 4 is 28.7 Å². The predicted molar refractivity (Wildman–Crippen MR) is 135 cm³/mol. The van der Waals surface area contributed by atoms with Crippen molar-refractivity contribution in [2.45, 2.75) is 58.4 Å². The highest BCUT2D eigenvalue weighted by Crippen LogP contribution is 2.17. The summed E-state index contributed by atoms with van der Waals surface area (Å²) in [7, 11) is 0. The Morgan fingerprint density at radius 1 is 0.829 bits per heavy atom. The SMILES string of the molecule is C[C@H](NC(=O)[C@@H](Cc1ccc2ccccc2c1)NC(=O)OC(C)(C)C)C(=O)OCc1ccccc1. The largest absolute Gasteiger partial charge is 0.459 e. The van der Waals surface area contributed by atoms with Crippen molar-refractivity contribution in [3.8, 4) is 0 Å². The minimum Gasteiger partial charge on any atom is -0.459 e. The Labute approximate surface area is 205 Å². The van der Waals surface area contributed by atoms with E-state index in [1.165, 1.54) is 0 Å². The van der Waals surface area contributed by atoms with Crippen molar-refractivity contribution in [1.29, 1.82) is 0 Å². The molecule has 3 rings (SSSR count). The summed E-state index contributed by atoms with van der Waals surface area (Å²) in [5.74, 6) is -1.07. The van der Waals surface area contributed by atoms with Crippen LogP contribution in [0.1, 0.15) is 38.8 Å². The van der Waals surface area contributed by atoms with E-state index in [4.69, 9.17) is 9.47 Å². The van der Waals surface area contributed by atoms with Crippen molar-refractivity contribution in [3.63, 3.8) is 0 Å². The molecule has 0 radical (unpaired) electrons. The number of esters is 1. The van der Waals surface area contributed by atoms with E-state index in [2.05, 4.69) is 10.6 Å². The highest BCUT2D eigenvalue weighted by Gasteiger charge is 2.27. The molecule has 0 aromatic heterocycles. The lowest BCUT2D eigenvalue weighted by Gasteiger charge is -2.24. The van der Waals surface area contributed by atoms with Crippen LogP contribution in [-0.2, 0) is 32.1 Å². The summed E-state index contributed by atoms with van der Waals surface area (Å²) in [5.41, 5.74) is 0.988. The first kappa shape index (κ1) is 25.7. The molecule has 7 heteroatoms. The maximum Gasteiger partial charge on any atom is 0.408 e. The zero-order valence-electron chi connectivity index (χ0n) is 20.5. The zero-order valence-corrected chi connectivity index (χ0v) is 20.5. The standard InChI is InChI=1S/C28H32N2O5/c1-19(26(32)34-18-20-10-6-5-7-11-20)29-25(31)24(30-27(33)35-28(2,3)4)17-21-14-15-22-12-8-9-13-23(22)16-21/h5-16,19,24H,17-18H2,1-4H3,(H,29,31)(H,30,33)/t19-,24+/m0/s1. The van der Waals surface area contributed by atoms with Crippen molar-refractivity contribution in [3.05, 3.63) is 83.9 Å². The van der Waals surface area contributed by atoms with Gasteiger partial charge in [0.1, 0.15) is 24.3 Å². The first-order valence-corrected chi connectivity index (χ1v) is 11.6. The Hall–Kier alpha value is -3.87. The number of rotatable bonds is 8. The Morgan fingerprint density at radius 3 is 2.17 bits per heavy atom. The average molecular weight is 477 g/mol. The highest BCUT2D eigenvalue weighted by atomic mass is 16.6. The molecule has 0 spiro atoms. The fourth-order valence-corrected chi connectivity index (χ4v) is 3.49. The van der Waals surface area contributed by atoms with Gasteiger partial charge in [0, 0.05) is 6.42 Å². The van der Waals surface area contributed by atoms with E-state index in [1.54, 1.807) is 27.7 Å². The molecular weight excluding hydrogens is 444 g/mol. The third-order valence-corrected chi connectivity index (χ3v) is 5.20. The predicted octanol–water partition coefficient (Wildman–Crippen LogP) is 4.52. The first-order chi connectivity index (χ1) is 16.6. The van der Waals surface area contributed by atoms with Gasteiger partial charge in [-0.1, -0.05) is 72.8 Å². The van der Waals surface area contributed by atoms with E-state index in [0.717, 1.165) is 21.9 Å². The Morgan fingerprint density at radius 2 is 1.49 bits per heavy atom. The van der Waals surface area contributed by atoms with Gasteiger partial charge in [-0.25, -0.2) is 9.59 Å². The van der Waals surface area contributed by atoms with Crippen LogP contribution >= 0.6 is 0 Å². The molecule has 7 nitrogen and oxygen atoms in total. The molecule has 0 saturated carbocycles. The Bertz CT molecular complexity index is 1170. The topological polar surface area (TPSA) is 93.7 Å². The summed E-state index contributed by atoms with van der Waals surface area (Å²) < 4.78 is 10.7. The summed E-state index contributed by atoms with van der Waals surface area (Å²) in [6.45, 7) is 6.89. The first-order valence-electron chi connectivity index (χ1n) is 11.6. The summed E-state index contributed by atoms with van der Waals surface area (Å²) in [5, 5.41) is 7.41. The average Bonchev–Trinajstić information content (AvgIpc) is 2.81. The van der Waals surface area contributed by atoms with Crippen LogP contribution in [-0.4, -0.2) is 35.7 Å². The molecule has 0 bridgehead atoms. The lowest BCUT2D eigenvalue weighted by Crippen LogP contribution is -2.52. The number of carbonyl (C=O) groups excluding carboxylic acids is 3. The molecule has 2 atom stereocenters. The van der Waals surface area contributed by atoms with E-state index in [0.29, 0.717) is 0 Å². The smallest absolute Gasteiger partial charge is 0.408 e. The number of fused-ring (bicyclic) bond motifs is 1. The lowest BCUT2D eigenvalue weighted by molar-refractivity contribution is -0.148. The second-order valence-corrected chi connectivity index (χ2v) is 9.41. The van der Waals surface area contributed by atoms with E-state index < -0.39 is 35.7 Å². The number of carbonyl (C=O) groups is 3. The fraction of sp³-hybridized carbons (Fsp3) is 0.321. The van der Waals surface area contributed by atoms with Crippen LogP contribution in [0.4, 0.5) is 4.79 Å². The fourth-order valence-electron chi connectivity index (χ4n) is 3.49. The Kier molecular flexibility index (Phi) is 8.47. The highest BCUT2D eigenvalue weighted by molar-refractivity contribution is 5.90. The van der Waals surface area contributed by atoms with Crippen LogP contribution < -0.4 is 10.6 Å². The van der Waals surface area contributed by atoms with Crippen molar-refractivity contribution < 1.29 is 23.9 Å². The summed E-state index contributed by atoms with van der Waals surface area (Å²) in [6, 6.07) is 21.2. The molecular formula is C28H32N2O5. The molecule has 3 aromatic carbocycles. The molecule has 0 heterocycles. The van der Waals surface area contributed by atoms with Gasteiger partial charge in [0.25, 0.3) is 0 Å². The number of nitrogens with one attached hydrogen (secondary N) is 2. The van der Waals surface area contributed by atoms with Gasteiger partial charge in [0.2, 0.25) is 5.91 Å². The van der Waals surface area contributed by atoms with Gasteiger partial charge in [0.05, 0.1) is 0 Å². The number of benzene rings is 3. The molecule has 0 aliphatic rings. The molecule has 0 unspecified atom stereocenters. The van der Waals surface area contributed by atoms with Crippen molar-refractivity contribution in [2.75, 3.05) is 0 Å². The molecule has 2 N–H and O–H groups in total. The Balaban J connectivity index is 1.69. The molecule has 0 aliphatic heterocycles. The van der Waals surface area contributed by atoms with Gasteiger partial charge < -0.3 is 20.1 Å². The zero-order chi connectivity index (χ0) is 25.4. The molecule has 2 amide bonds. The molecule has 35 heavy (non-hydrogen) atoms. The monoisotopic (exact) mass is 476 g/mol. The lowest BCUT2D eigenvalue weighted by atomic mass is 10.0. The van der Waals surface area contributed by atoms with Crippen LogP contribution in [0.3, 0.4) is 0 Å². The minimum absolute atomic E-state index is 0.108. The van der Waals surface area contributed by atoms with Crippen molar-refractivity contribution in [2.24, 2.45) is 0 Å². The summed E-state index contributed by atoms with van der Waals surface area (Å²) >= 11 is 0. The van der Waals surface area contributed by atoms with E-state index in [-0.39, 0.29) is 13.0 Å². The molecule has 3 aromatic rings. The van der Waals surface area contributed by atoms with Gasteiger partial charge >= 0.3 is 12.1 Å². The van der Waals surface area contributed by atoms with Gasteiger partial charge in [-0.05, 0) is 49.6 Å². The summed E-state index contributed by atoms with van der Waals surface area (Å²) in [4.78, 5) is 38.0. The number of ether oxygens (including phenoxy) is 2. The minimum atomic E-state index is -0.949. The maximum atomic E-state index is 13.1. The third kappa shape index (κ3) is 8.14. The summed E-state index contributed by atoms with van der Waals surface area (Å²) in [6.07, 6.45) is -0.487. The van der Waals surface area contributed by atoms with Crippen LogP contribution in [0.25, 0.3) is 10.8 Å². The second-order valence-electron chi connectivity index (χ2n) is 9.41. The molecule has 0 saturated heterocycles. The number of hydrogen-bond donors (Lipinski definition) is 2. The van der Waals surface area contributed by atoms with E-state index in [9.17, 15) is 14.4 Å². The van der Waals surface area contributed by atoms with Crippen LogP contribution in [0, 0.1) is 0 Å². The molecule has 0 aliphatic carbocycles. The van der Waals surface area contributed by atoms with Gasteiger partial charge in [-0.3, -0.25) is 4.79 Å². The van der Waals surface area contributed by atoms with Gasteiger partial charge in [-0.15, -0.1) is 0 Å². The second kappa shape index (κ2) is 11.5. The van der Waals surface area contributed by atoms with E-state index >= 15 is 0 Å². The number of hydrogen-bond acceptors (Lipinski definition) is 5. The van der Waals surface area contributed by atoms with Crippen molar-refractivity contribution in [1.82, 2.24) is 10.6 Å². The van der Waals surface area contributed by atoms with Gasteiger partial charge in [0.15, 0.2) is 0 Å². The number of alkyl carbamates (subject to hydrolysis) is 1. The quantitative estimate of drug-likeness (QED) is 0.466. The molecule has 184 valence electrons. The molecule has 0 fully saturated rings. The third-order valence-electron chi connectivity index (χ3n) is 5.20. The van der Waals surface area contributed by atoms with E-state index in [1.807, 2.05) is 72.8 Å². The van der Waals surface area contributed by atoms with Gasteiger partial charge in [-0.2, -0.15) is 0 Å². The number of amides is 2. The normalized spacial score (nSPS) is 12.9.